The van der Waals surface area contributed by atoms with Crippen LogP contribution in [0.3, 0.4) is 0 Å². The van der Waals surface area contributed by atoms with Crippen molar-refractivity contribution in [2.75, 3.05) is 38.2 Å². The average Bonchev–Trinajstić information content (AvgIpc) is 2.59. The van der Waals surface area contributed by atoms with Crippen molar-refractivity contribution in [1.29, 1.82) is 0 Å². The van der Waals surface area contributed by atoms with E-state index in [9.17, 15) is 0 Å². The maximum atomic E-state index is 5.99. The number of hydrogen-bond acceptors (Lipinski definition) is 6. The second kappa shape index (κ2) is 7.04. The van der Waals surface area contributed by atoms with Gasteiger partial charge in [-0.2, -0.15) is 15.0 Å². The van der Waals surface area contributed by atoms with E-state index in [1.54, 1.807) is 0 Å². The number of hydrogen-bond donors (Lipinski definition) is 0. The lowest BCUT2D eigenvalue weighted by Gasteiger charge is -2.30. The van der Waals surface area contributed by atoms with E-state index in [1.165, 1.54) is 0 Å². The maximum Gasteiger partial charge on any atom is 0.322 e. The molecule has 2 rings (SSSR count). The molecule has 0 radical (unpaired) electrons. The predicted molar refractivity (Wildman–Crippen MR) is 79.5 cm³/mol. The summed E-state index contributed by atoms with van der Waals surface area (Å²) in [6.45, 7) is 7.61. The van der Waals surface area contributed by atoms with Gasteiger partial charge in [0.05, 0.1) is 6.61 Å². The normalized spacial score (nSPS) is 20.8. The van der Waals surface area contributed by atoms with Gasteiger partial charge in [0, 0.05) is 19.1 Å². The van der Waals surface area contributed by atoms with E-state index in [0.29, 0.717) is 24.6 Å². The third-order valence-corrected chi connectivity index (χ3v) is 3.65. The third kappa shape index (κ3) is 3.70. The van der Waals surface area contributed by atoms with Crippen LogP contribution < -0.4 is 9.64 Å². The smallest absolute Gasteiger partial charge is 0.322 e. The summed E-state index contributed by atoms with van der Waals surface area (Å²) in [5.74, 6) is 0.621. The van der Waals surface area contributed by atoms with E-state index in [4.69, 9.17) is 16.3 Å². The Bertz CT molecular complexity index is 445. The molecule has 1 fully saturated rings. The van der Waals surface area contributed by atoms with E-state index in [0.717, 1.165) is 32.5 Å². The molecular formula is C13H22ClN5O. The molecule has 0 spiro atoms. The van der Waals surface area contributed by atoms with Crippen LogP contribution in [0.15, 0.2) is 0 Å². The molecule has 6 nitrogen and oxygen atoms in total. The lowest BCUT2D eigenvalue weighted by molar-refractivity contribution is 0.310. The molecule has 0 aromatic carbocycles. The quantitative estimate of drug-likeness (QED) is 0.846. The van der Waals surface area contributed by atoms with Crippen LogP contribution >= 0.6 is 11.6 Å². The summed E-state index contributed by atoms with van der Waals surface area (Å²) in [7, 11) is 2.15. The zero-order valence-electron chi connectivity index (χ0n) is 12.3. The zero-order chi connectivity index (χ0) is 14.5. The molecule has 1 unspecified atom stereocenters. The lowest BCUT2D eigenvalue weighted by Crippen LogP contribution is -2.40. The molecule has 7 heteroatoms. The molecular weight excluding hydrogens is 278 g/mol. The molecule has 1 aromatic rings. The van der Waals surface area contributed by atoms with Crippen LogP contribution in [0.25, 0.3) is 0 Å². The number of ether oxygens (including phenoxy) is 1. The van der Waals surface area contributed by atoms with E-state index in [2.05, 4.69) is 38.7 Å². The van der Waals surface area contributed by atoms with Crippen LogP contribution in [-0.2, 0) is 0 Å². The van der Waals surface area contributed by atoms with Gasteiger partial charge in [0.2, 0.25) is 11.2 Å². The Morgan fingerprint density at radius 2 is 2.05 bits per heavy atom. The second-order valence-electron chi connectivity index (χ2n) is 4.99. The first-order chi connectivity index (χ1) is 9.63. The summed E-state index contributed by atoms with van der Waals surface area (Å²) in [6.07, 6.45) is 2.12. The first-order valence-corrected chi connectivity index (χ1v) is 7.51. The van der Waals surface area contributed by atoms with Crippen molar-refractivity contribution in [2.24, 2.45) is 0 Å². The Kier molecular flexibility index (Phi) is 5.37. The van der Waals surface area contributed by atoms with Gasteiger partial charge in [0.15, 0.2) is 0 Å². The van der Waals surface area contributed by atoms with Crippen molar-refractivity contribution >= 4 is 17.5 Å². The number of likely N-dealkylation sites (N-methyl/N-ethyl adjacent to an activating group) is 1. The van der Waals surface area contributed by atoms with E-state index >= 15 is 0 Å². The number of aromatic nitrogens is 3. The highest BCUT2D eigenvalue weighted by Crippen LogP contribution is 2.21. The molecule has 1 saturated heterocycles. The predicted octanol–water partition coefficient (Wildman–Crippen LogP) is 1.84. The number of rotatable bonds is 4. The first-order valence-electron chi connectivity index (χ1n) is 7.13. The van der Waals surface area contributed by atoms with Crippen LogP contribution in [-0.4, -0.2) is 59.2 Å². The van der Waals surface area contributed by atoms with E-state index < -0.39 is 0 Å². The third-order valence-electron chi connectivity index (χ3n) is 3.48. The highest BCUT2D eigenvalue weighted by atomic mass is 35.5. The largest absolute Gasteiger partial charge is 0.464 e. The van der Waals surface area contributed by atoms with Crippen LogP contribution in [0.1, 0.15) is 26.7 Å². The van der Waals surface area contributed by atoms with Gasteiger partial charge in [-0.15, -0.1) is 0 Å². The second-order valence-corrected chi connectivity index (χ2v) is 5.33. The van der Waals surface area contributed by atoms with Gasteiger partial charge in [-0.05, 0) is 45.0 Å². The molecule has 2 heterocycles. The van der Waals surface area contributed by atoms with Gasteiger partial charge in [0.25, 0.3) is 0 Å². The summed E-state index contributed by atoms with van der Waals surface area (Å²) in [6, 6.07) is 0.686. The Morgan fingerprint density at radius 1 is 1.25 bits per heavy atom. The summed E-state index contributed by atoms with van der Waals surface area (Å²) in [5, 5.41) is 0.186. The fourth-order valence-corrected chi connectivity index (χ4v) is 2.65. The monoisotopic (exact) mass is 299 g/mol. The van der Waals surface area contributed by atoms with Gasteiger partial charge in [0.1, 0.15) is 0 Å². The molecule has 1 aliphatic rings. The summed E-state index contributed by atoms with van der Waals surface area (Å²) >= 11 is 5.99. The summed E-state index contributed by atoms with van der Waals surface area (Å²) in [5.41, 5.74) is 0. The van der Waals surface area contributed by atoms with Gasteiger partial charge >= 0.3 is 6.01 Å². The van der Waals surface area contributed by atoms with Crippen molar-refractivity contribution in [3.05, 3.63) is 5.28 Å². The van der Waals surface area contributed by atoms with Gasteiger partial charge in [-0.1, -0.05) is 6.92 Å². The minimum Gasteiger partial charge on any atom is -0.464 e. The van der Waals surface area contributed by atoms with Gasteiger partial charge in [-0.25, -0.2) is 0 Å². The minimum atomic E-state index is 0.186. The highest BCUT2D eigenvalue weighted by molar-refractivity contribution is 6.28. The van der Waals surface area contributed by atoms with E-state index in [1.807, 2.05) is 6.92 Å². The minimum absolute atomic E-state index is 0.186. The SMILES string of the molecule is CCOc1nc(Cl)nc(N2CCCN(C)CC2CC)n1. The lowest BCUT2D eigenvalue weighted by atomic mass is 10.2. The van der Waals surface area contributed by atoms with Gasteiger partial charge in [-0.3, -0.25) is 0 Å². The van der Waals surface area contributed by atoms with Crippen LogP contribution in [0.2, 0.25) is 5.28 Å². The maximum absolute atomic E-state index is 5.99. The summed E-state index contributed by atoms with van der Waals surface area (Å²) < 4.78 is 5.36. The van der Waals surface area contributed by atoms with Crippen LogP contribution in [0.4, 0.5) is 5.95 Å². The Balaban J connectivity index is 2.27. The molecule has 0 N–H and O–H groups in total. The number of halogens is 1. The topological polar surface area (TPSA) is 54.4 Å². The van der Waals surface area contributed by atoms with Crippen molar-refractivity contribution in [2.45, 2.75) is 32.7 Å². The molecule has 0 amide bonds. The Labute approximate surface area is 125 Å². The fourth-order valence-electron chi connectivity index (χ4n) is 2.50. The molecule has 20 heavy (non-hydrogen) atoms. The van der Waals surface area contributed by atoms with Crippen molar-refractivity contribution in [3.8, 4) is 6.01 Å². The van der Waals surface area contributed by atoms with Crippen molar-refractivity contribution in [3.63, 3.8) is 0 Å². The molecule has 0 bridgehead atoms. The fraction of sp³-hybridized carbons (Fsp3) is 0.769. The molecule has 0 saturated carbocycles. The first kappa shape index (κ1) is 15.3. The van der Waals surface area contributed by atoms with Crippen molar-refractivity contribution in [1.82, 2.24) is 19.9 Å². The van der Waals surface area contributed by atoms with Gasteiger partial charge < -0.3 is 14.5 Å². The standard InChI is InChI=1S/C13H22ClN5O/c1-4-10-9-18(3)7-6-8-19(10)12-15-11(14)16-13(17-12)20-5-2/h10H,4-9H2,1-3H3. The molecule has 112 valence electrons. The summed E-state index contributed by atoms with van der Waals surface area (Å²) in [4.78, 5) is 17.2. The molecule has 1 aromatic heterocycles. The molecule has 1 aliphatic heterocycles. The van der Waals surface area contributed by atoms with Crippen LogP contribution in [0.5, 0.6) is 6.01 Å². The Hall–Kier alpha value is -1.14. The van der Waals surface area contributed by atoms with Crippen molar-refractivity contribution < 1.29 is 4.74 Å². The average molecular weight is 300 g/mol. The van der Waals surface area contributed by atoms with Crippen LogP contribution in [0, 0.1) is 0 Å². The highest BCUT2D eigenvalue weighted by Gasteiger charge is 2.25. The zero-order valence-corrected chi connectivity index (χ0v) is 13.1. The molecule has 1 atom stereocenters. The Morgan fingerprint density at radius 3 is 2.75 bits per heavy atom. The number of nitrogens with zero attached hydrogens (tertiary/aromatic N) is 5. The molecule has 0 aliphatic carbocycles. The number of anilines is 1. The van der Waals surface area contributed by atoms with E-state index in [-0.39, 0.29) is 5.28 Å².